The molecule has 2 rings (SSSR count). The first kappa shape index (κ1) is 15.1. The maximum Gasteiger partial charge on any atom is 0.205 e. The molecule has 0 aliphatic heterocycles. The van der Waals surface area contributed by atoms with Crippen molar-refractivity contribution in [1.29, 1.82) is 0 Å². The van der Waals surface area contributed by atoms with E-state index in [2.05, 4.69) is 15.3 Å². The predicted molar refractivity (Wildman–Crippen MR) is 79.4 cm³/mol. The molecular weight excluding hydrogens is 274 g/mol. The molecule has 1 aromatic heterocycles. The molecule has 0 saturated heterocycles. The van der Waals surface area contributed by atoms with E-state index in [9.17, 15) is 5.11 Å². The predicted octanol–water partition coefficient (Wildman–Crippen LogP) is 1.45. The van der Waals surface area contributed by atoms with Gasteiger partial charge in [0, 0.05) is 6.54 Å². The van der Waals surface area contributed by atoms with Crippen LogP contribution in [-0.2, 0) is 0 Å². The summed E-state index contributed by atoms with van der Waals surface area (Å²) in [6.45, 7) is 2.07. The number of methoxy groups -OCH3 is 3. The second-order valence-corrected chi connectivity index (χ2v) is 4.49. The molecule has 21 heavy (non-hydrogen) atoms. The normalized spacial score (nSPS) is 12.0. The van der Waals surface area contributed by atoms with E-state index in [1.54, 1.807) is 34.3 Å². The summed E-state index contributed by atoms with van der Waals surface area (Å²) in [6.07, 6.45) is 0.943. The van der Waals surface area contributed by atoms with Crippen LogP contribution in [0.25, 0.3) is 10.9 Å². The Morgan fingerprint density at radius 2 is 1.86 bits per heavy atom. The van der Waals surface area contributed by atoms with Crippen molar-refractivity contribution in [1.82, 2.24) is 9.97 Å². The molecule has 0 spiro atoms. The van der Waals surface area contributed by atoms with Gasteiger partial charge in [-0.1, -0.05) is 0 Å². The Bertz CT molecular complexity index is 631. The largest absolute Gasteiger partial charge is 0.493 e. The number of nitrogens with one attached hydrogen (secondary N) is 1. The molecule has 7 heteroatoms. The summed E-state index contributed by atoms with van der Waals surface area (Å²) >= 11 is 0. The fourth-order valence-electron chi connectivity index (χ4n) is 2.05. The van der Waals surface area contributed by atoms with Gasteiger partial charge in [-0.15, -0.1) is 0 Å². The van der Waals surface area contributed by atoms with Crippen LogP contribution in [0.15, 0.2) is 12.4 Å². The number of hydrogen-bond donors (Lipinski definition) is 2. The Labute approximate surface area is 122 Å². The fourth-order valence-corrected chi connectivity index (χ4v) is 2.05. The van der Waals surface area contributed by atoms with E-state index in [0.717, 1.165) is 5.39 Å². The Kier molecular flexibility index (Phi) is 4.64. The maximum absolute atomic E-state index is 9.39. The highest BCUT2D eigenvalue weighted by Crippen LogP contribution is 2.43. The van der Waals surface area contributed by atoms with Crippen molar-refractivity contribution in [3.05, 3.63) is 12.4 Å². The zero-order chi connectivity index (χ0) is 15.4. The van der Waals surface area contributed by atoms with Gasteiger partial charge in [0.25, 0.3) is 0 Å². The lowest BCUT2D eigenvalue weighted by atomic mass is 10.2. The van der Waals surface area contributed by atoms with E-state index in [0.29, 0.717) is 35.1 Å². The van der Waals surface area contributed by atoms with Crippen LogP contribution < -0.4 is 19.5 Å². The van der Waals surface area contributed by atoms with Crippen LogP contribution in [0.2, 0.25) is 0 Å². The molecule has 0 amide bonds. The van der Waals surface area contributed by atoms with Crippen molar-refractivity contribution in [2.24, 2.45) is 0 Å². The number of benzene rings is 1. The van der Waals surface area contributed by atoms with Gasteiger partial charge in [0.1, 0.15) is 17.7 Å². The fraction of sp³-hybridized carbons (Fsp3) is 0.429. The summed E-state index contributed by atoms with van der Waals surface area (Å²) in [4.78, 5) is 8.45. The summed E-state index contributed by atoms with van der Waals surface area (Å²) in [7, 11) is 4.64. The maximum atomic E-state index is 9.39. The molecule has 0 saturated carbocycles. The average molecular weight is 293 g/mol. The van der Waals surface area contributed by atoms with Gasteiger partial charge < -0.3 is 24.6 Å². The van der Waals surface area contributed by atoms with Crippen LogP contribution >= 0.6 is 0 Å². The van der Waals surface area contributed by atoms with E-state index in [-0.39, 0.29) is 0 Å². The molecular formula is C14H19N3O4. The van der Waals surface area contributed by atoms with Crippen LogP contribution in [0.3, 0.4) is 0 Å². The number of ether oxygens (including phenoxy) is 3. The van der Waals surface area contributed by atoms with Crippen molar-refractivity contribution < 1.29 is 19.3 Å². The van der Waals surface area contributed by atoms with Gasteiger partial charge in [-0.2, -0.15) is 0 Å². The average Bonchev–Trinajstić information content (AvgIpc) is 2.50. The highest BCUT2D eigenvalue weighted by atomic mass is 16.5. The first-order valence-electron chi connectivity index (χ1n) is 6.48. The highest BCUT2D eigenvalue weighted by molar-refractivity contribution is 5.96. The van der Waals surface area contributed by atoms with Gasteiger partial charge in [0.15, 0.2) is 11.5 Å². The molecule has 0 bridgehead atoms. The summed E-state index contributed by atoms with van der Waals surface area (Å²) in [5.41, 5.74) is 0.609. The summed E-state index contributed by atoms with van der Waals surface area (Å²) < 4.78 is 16.1. The number of anilines is 1. The first-order valence-corrected chi connectivity index (χ1v) is 6.48. The lowest BCUT2D eigenvalue weighted by Gasteiger charge is -2.16. The number of hydrogen-bond acceptors (Lipinski definition) is 7. The molecule has 0 fully saturated rings. The van der Waals surface area contributed by atoms with Crippen LogP contribution in [0.4, 0.5) is 5.82 Å². The molecule has 1 aromatic carbocycles. The van der Waals surface area contributed by atoms with E-state index in [1.807, 2.05) is 0 Å². The smallest absolute Gasteiger partial charge is 0.205 e. The number of nitrogens with zero attached hydrogens (tertiary/aromatic N) is 2. The second-order valence-electron chi connectivity index (χ2n) is 4.49. The van der Waals surface area contributed by atoms with Gasteiger partial charge in [-0.3, -0.25) is 0 Å². The molecule has 0 aliphatic carbocycles. The molecule has 2 N–H and O–H groups in total. The summed E-state index contributed by atoms with van der Waals surface area (Å²) in [5.74, 6) is 2.08. The number of aromatic nitrogens is 2. The standard InChI is InChI=1S/C14H19N3O4/c1-8(18)6-15-14-9-5-10(19-2)12(20-3)13(21-4)11(9)16-7-17-14/h5,7-8,18H,6H2,1-4H3,(H,15,16,17). The van der Waals surface area contributed by atoms with Gasteiger partial charge in [-0.05, 0) is 13.0 Å². The Hall–Kier alpha value is -2.28. The van der Waals surface area contributed by atoms with E-state index in [1.165, 1.54) is 6.33 Å². The first-order chi connectivity index (χ1) is 10.1. The molecule has 0 radical (unpaired) electrons. The molecule has 0 aliphatic rings. The SMILES string of the molecule is COc1cc2c(NCC(C)O)ncnc2c(OC)c1OC. The highest BCUT2D eigenvalue weighted by Gasteiger charge is 2.19. The zero-order valence-electron chi connectivity index (χ0n) is 12.5. The van der Waals surface area contributed by atoms with Crippen molar-refractivity contribution in [2.45, 2.75) is 13.0 Å². The van der Waals surface area contributed by atoms with Crippen LogP contribution in [0.5, 0.6) is 17.2 Å². The Morgan fingerprint density at radius 3 is 2.43 bits per heavy atom. The van der Waals surface area contributed by atoms with Crippen molar-refractivity contribution in [2.75, 3.05) is 33.2 Å². The topological polar surface area (TPSA) is 85.7 Å². The minimum Gasteiger partial charge on any atom is -0.493 e. The van der Waals surface area contributed by atoms with E-state index < -0.39 is 6.10 Å². The van der Waals surface area contributed by atoms with Crippen molar-refractivity contribution in [3.8, 4) is 17.2 Å². The molecule has 1 atom stereocenters. The lowest BCUT2D eigenvalue weighted by molar-refractivity contribution is 0.208. The molecule has 2 aromatic rings. The van der Waals surface area contributed by atoms with E-state index in [4.69, 9.17) is 14.2 Å². The Balaban J connectivity index is 2.64. The number of rotatable bonds is 6. The number of fused-ring (bicyclic) bond motifs is 1. The van der Waals surface area contributed by atoms with Gasteiger partial charge >= 0.3 is 0 Å². The third kappa shape index (κ3) is 2.92. The van der Waals surface area contributed by atoms with Gasteiger partial charge in [0.2, 0.25) is 5.75 Å². The molecule has 7 nitrogen and oxygen atoms in total. The quantitative estimate of drug-likeness (QED) is 0.833. The lowest BCUT2D eigenvalue weighted by Crippen LogP contribution is -2.16. The molecule has 1 unspecified atom stereocenters. The van der Waals surface area contributed by atoms with Crippen LogP contribution in [-0.4, -0.2) is 49.1 Å². The zero-order valence-corrected chi connectivity index (χ0v) is 12.5. The van der Waals surface area contributed by atoms with Gasteiger partial charge in [0.05, 0.1) is 32.8 Å². The third-order valence-corrected chi connectivity index (χ3v) is 3.00. The van der Waals surface area contributed by atoms with Crippen molar-refractivity contribution in [3.63, 3.8) is 0 Å². The number of aliphatic hydroxyl groups is 1. The number of aliphatic hydroxyl groups excluding tert-OH is 1. The minimum atomic E-state index is -0.489. The summed E-state index contributed by atoms with van der Waals surface area (Å²) in [6, 6.07) is 1.78. The molecule has 1 heterocycles. The van der Waals surface area contributed by atoms with Gasteiger partial charge in [-0.25, -0.2) is 9.97 Å². The Morgan fingerprint density at radius 1 is 1.14 bits per heavy atom. The monoisotopic (exact) mass is 293 g/mol. The molecule has 114 valence electrons. The second kappa shape index (κ2) is 6.45. The minimum absolute atomic E-state index is 0.378. The van der Waals surface area contributed by atoms with E-state index >= 15 is 0 Å². The van der Waals surface area contributed by atoms with Crippen LogP contribution in [0, 0.1) is 0 Å². The van der Waals surface area contributed by atoms with Crippen molar-refractivity contribution >= 4 is 16.7 Å². The third-order valence-electron chi connectivity index (χ3n) is 3.00. The summed E-state index contributed by atoms with van der Waals surface area (Å²) in [5, 5.41) is 13.2. The van der Waals surface area contributed by atoms with Crippen LogP contribution in [0.1, 0.15) is 6.92 Å².